The number of carbonyl (C=O) groups is 4. The molecule has 8 nitrogen and oxygen atoms in total. The van der Waals surface area contributed by atoms with Gasteiger partial charge in [-0.25, -0.2) is 4.79 Å². The van der Waals surface area contributed by atoms with Crippen LogP contribution in [0.25, 0.3) is 0 Å². The Kier molecular flexibility index (Phi) is 7.41. The lowest BCUT2D eigenvalue weighted by molar-refractivity contribution is -0.154. The SMILES string of the molecule is CCOc1ccc(C(=O)CCC(=O)OC(C)C(=O)NC(N)=O)cc1. The fraction of sp³-hybridized carbons (Fsp3) is 0.375. The van der Waals surface area contributed by atoms with Crippen LogP contribution in [0.4, 0.5) is 4.79 Å². The molecular formula is C16H20N2O6. The van der Waals surface area contributed by atoms with Crippen molar-refractivity contribution in [3.63, 3.8) is 0 Å². The highest BCUT2D eigenvalue weighted by Crippen LogP contribution is 2.14. The van der Waals surface area contributed by atoms with Gasteiger partial charge in [-0.15, -0.1) is 0 Å². The fourth-order valence-electron chi connectivity index (χ4n) is 1.80. The Bertz CT molecular complexity index is 611. The molecule has 0 aliphatic carbocycles. The van der Waals surface area contributed by atoms with E-state index in [1.54, 1.807) is 29.6 Å². The van der Waals surface area contributed by atoms with Crippen LogP contribution in [0.3, 0.4) is 0 Å². The summed E-state index contributed by atoms with van der Waals surface area (Å²) >= 11 is 0. The average molecular weight is 336 g/mol. The second-order valence-electron chi connectivity index (χ2n) is 4.87. The van der Waals surface area contributed by atoms with Gasteiger partial charge in [0.1, 0.15) is 5.75 Å². The number of primary amides is 1. The van der Waals surface area contributed by atoms with Gasteiger partial charge in [0.05, 0.1) is 13.0 Å². The molecule has 130 valence electrons. The van der Waals surface area contributed by atoms with Crippen molar-refractivity contribution in [3.8, 4) is 5.75 Å². The minimum atomic E-state index is -1.18. The van der Waals surface area contributed by atoms with E-state index in [1.807, 2.05) is 6.92 Å². The first kappa shape index (κ1) is 19.1. The second kappa shape index (κ2) is 9.29. The second-order valence-corrected chi connectivity index (χ2v) is 4.87. The lowest BCUT2D eigenvalue weighted by Crippen LogP contribution is -2.42. The largest absolute Gasteiger partial charge is 0.494 e. The summed E-state index contributed by atoms with van der Waals surface area (Å²) in [6, 6.07) is 5.54. The number of urea groups is 1. The van der Waals surface area contributed by atoms with Crippen LogP contribution in [0.2, 0.25) is 0 Å². The first-order chi connectivity index (χ1) is 11.3. The quantitative estimate of drug-likeness (QED) is 0.542. The third-order valence-corrected chi connectivity index (χ3v) is 2.97. The third kappa shape index (κ3) is 6.47. The van der Waals surface area contributed by atoms with Crippen molar-refractivity contribution in [2.24, 2.45) is 5.73 Å². The summed E-state index contributed by atoms with van der Waals surface area (Å²) < 4.78 is 10.1. The van der Waals surface area contributed by atoms with Crippen LogP contribution >= 0.6 is 0 Å². The molecule has 0 saturated carbocycles. The molecule has 1 atom stereocenters. The topological polar surface area (TPSA) is 125 Å². The van der Waals surface area contributed by atoms with Crippen molar-refractivity contribution in [1.82, 2.24) is 5.32 Å². The minimum absolute atomic E-state index is 0.0586. The Hall–Kier alpha value is -2.90. The van der Waals surface area contributed by atoms with E-state index in [2.05, 4.69) is 0 Å². The van der Waals surface area contributed by atoms with Crippen molar-refractivity contribution in [3.05, 3.63) is 29.8 Å². The molecule has 0 aromatic heterocycles. The molecule has 0 spiro atoms. The van der Waals surface area contributed by atoms with Crippen molar-refractivity contribution in [2.45, 2.75) is 32.8 Å². The number of carbonyl (C=O) groups excluding carboxylic acids is 4. The number of nitrogens with two attached hydrogens (primary N) is 1. The number of nitrogens with one attached hydrogen (secondary N) is 1. The molecule has 8 heteroatoms. The minimum Gasteiger partial charge on any atom is -0.494 e. The maximum absolute atomic E-state index is 12.0. The van der Waals surface area contributed by atoms with Crippen molar-refractivity contribution >= 4 is 23.7 Å². The molecular weight excluding hydrogens is 316 g/mol. The number of imide groups is 1. The molecule has 0 fully saturated rings. The standard InChI is InChI=1S/C16H20N2O6/c1-3-23-12-6-4-11(5-7-12)13(19)8-9-14(20)24-10(2)15(21)18-16(17)22/h4-7,10H,3,8-9H2,1-2H3,(H3,17,18,21,22). The van der Waals surface area contributed by atoms with Gasteiger partial charge < -0.3 is 15.2 Å². The number of rotatable bonds is 8. The summed E-state index contributed by atoms with van der Waals surface area (Å²) in [6.45, 7) is 3.68. The Labute approximate surface area is 139 Å². The number of benzene rings is 1. The lowest BCUT2D eigenvalue weighted by Gasteiger charge is -2.11. The summed E-state index contributed by atoms with van der Waals surface area (Å²) in [5, 5.41) is 1.80. The molecule has 24 heavy (non-hydrogen) atoms. The molecule has 0 aliphatic heterocycles. The van der Waals surface area contributed by atoms with E-state index in [0.717, 1.165) is 0 Å². The summed E-state index contributed by atoms with van der Waals surface area (Å²) in [4.78, 5) is 45.5. The molecule has 1 aromatic carbocycles. The van der Waals surface area contributed by atoms with E-state index in [0.29, 0.717) is 17.9 Å². The van der Waals surface area contributed by atoms with Crippen molar-refractivity contribution in [2.75, 3.05) is 6.61 Å². The highest BCUT2D eigenvalue weighted by atomic mass is 16.5. The molecule has 0 aliphatic rings. The molecule has 1 rings (SSSR count). The molecule has 0 radical (unpaired) electrons. The molecule has 0 bridgehead atoms. The van der Waals surface area contributed by atoms with E-state index >= 15 is 0 Å². The van der Waals surface area contributed by atoms with Gasteiger partial charge in [0, 0.05) is 12.0 Å². The van der Waals surface area contributed by atoms with Crippen LogP contribution in [0.5, 0.6) is 5.75 Å². The van der Waals surface area contributed by atoms with Crippen molar-refractivity contribution in [1.29, 1.82) is 0 Å². The van der Waals surface area contributed by atoms with Gasteiger partial charge in [-0.2, -0.15) is 0 Å². The Balaban J connectivity index is 2.44. The van der Waals surface area contributed by atoms with Crippen LogP contribution in [-0.2, 0) is 14.3 Å². The molecule has 3 amide bonds. The van der Waals surface area contributed by atoms with E-state index < -0.39 is 24.0 Å². The Morgan fingerprint density at radius 2 is 1.75 bits per heavy atom. The maximum Gasteiger partial charge on any atom is 0.318 e. The zero-order valence-electron chi connectivity index (χ0n) is 13.5. The number of hydrogen-bond donors (Lipinski definition) is 2. The van der Waals surface area contributed by atoms with Gasteiger partial charge in [0.2, 0.25) is 0 Å². The molecule has 3 N–H and O–H groups in total. The Morgan fingerprint density at radius 3 is 2.29 bits per heavy atom. The number of amides is 3. The van der Waals surface area contributed by atoms with Gasteiger partial charge in [0.15, 0.2) is 11.9 Å². The Morgan fingerprint density at radius 1 is 1.12 bits per heavy atom. The van der Waals surface area contributed by atoms with E-state index in [-0.39, 0.29) is 18.6 Å². The number of Topliss-reactive ketones (excluding diaryl/α,β-unsaturated/α-hetero) is 1. The smallest absolute Gasteiger partial charge is 0.318 e. The first-order valence-electron chi connectivity index (χ1n) is 7.39. The monoisotopic (exact) mass is 336 g/mol. The highest BCUT2D eigenvalue weighted by molar-refractivity contribution is 5.98. The highest BCUT2D eigenvalue weighted by Gasteiger charge is 2.19. The van der Waals surface area contributed by atoms with E-state index in [1.165, 1.54) is 6.92 Å². The van der Waals surface area contributed by atoms with Crippen LogP contribution < -0.4 is 15.8 Å². The van der Waals surface area contributed by atoms with Crippen LogP contribution in [0.1, 0.15) is 37.0 Å². The molecule has 1 unspecified atom stereocenters. The first-order valence-corrected chi connectivity index (χ1v) is 7.39. The van der Waals surface area contributed by atoms with Gasteiger partial charge in [-0.3, -0.25) is 19.7 Å². The summed E-state index contributed by atoms with van der Waals surface area (Å²) in [5.74, 6) is -1.12. The van der Waals surface area contributed by atoms with Gasteiger partial charge in [0.25, 0.3) is 5.91 Å². The van der Waals surface area contributed by atoms with Gasteiger partial charge in [-0.1, -0.05) is 0 Å². The molecule has 0 heterocycles. The number of ether oxygens (including phenoxy) is 2. The number of hydrogen-bond acceptors (Lipinski definition) is 6. The number of esters is 1. The molecule has 1 aromatic rings. The number of ketones is 1. The van der Waals surface area contributed by atoms with Crippen LogP contribution in [0.15, 0.2) is 24.3 Å². The van der Waals surface area contributed by atoms with Gasteiger partial charge >= 0.3 is 12.0 Å². The van der Waals surface area contributed by atoms with E-state index in [9.17, 15) is 19.2 Å². The third-order valence-electron chi connectivity index (χ3n) is 2.97. The predicted octanol–water partition coefficient (Wildman–Crippen LogP) is 1.17. The maximum atomic E-state index is 12.0. The summed E-state index contributed by atoms with van der Waals surface area (Å²) in [5.41, 5.74) is 5.24. The van der Waals surface area contributed by atoms with E-state index in [4.69, 9.17) is 15.2 Å². The predicted molar refractivity (Wildman–Crippen MR) is 84.5 cm³/mol. The van der Waals surface area contributed by atoms with Crippen molar-refractivity contribution < 1.29 is 28.7 Å². The lowest BCUT2D eigenvalue weighted by atomic mass is 10.1. The zero-order valence-corrected chi connectivity index (χ0v) is 13.5. The normalized spacial score (nSPS) is 11.2. The molecule has 0 saturated heterocycles. The fourth-order valence-corrected chi connectivity index (χ4v) is 1.80. The summed E-state index contributed by atoms with van der Waals surface area (Å²) in [7, 11) is 0. The average Bonchev–Trinajstić information content (AvgIpc) is 2.53. The zero-order chi connectivity index (χ0) is 18.1. The van der Waals surface area contributed by atoms with Crippen LogP contribution in [0, 0.1) is 0 Å². The van der Waals surface area contributed by atoms with Gasteiger partial charge in [-0.05, 0) is 38.1 Å². The summed E-state index contributed by atoms with van der Waals surface area (Å²) in [6.07, 6.45) is -1.41. The van der Waals surface area contributed by atoms with Crippen LogP contribution in [-0.4, -0.2) is 36.4 Å².